The van der Waals surface area contributed by atoms with Crippen molar-refractivity contribution in [2.45, 2.75) is 45.2 Å². The number of alkyl halides is 1. The topological polar surface area (TPSA) is 61.8 Å². The normalized spacial score (nSPS) is 22.5. The first-order valence-corrected chi connectivity index (χ1v) is 13.2. The van der Waals surface area contributed by atoms with Crippen LogP contribution in [0.4, 0.5) is 4.39 Å². The smallest absolute Gasteiger partial charge is 0.115 e. The molecule has 0 amide bonds. The highest BCUT2D eigenvalue weighted by Gasteiger charge is 2.51. The van der Waals surface area contributed by atoms with Crippen molar-refractivity contribution in [1.29, 1.82) is 5.26 Å². The van der Waals surface area contributed by atoms with Crippen LogP contribution in [-0.4, -0.2) is 14.9 Å². The van der Waals surface area contributed by atoms with Crippen molar-refractivity contribution in [2.75, 3.05) is 0 Å². The number of halogens is 1. The third-order valence-electron chi connectivity index (χ3n) is 8.67. The van der Waals surface area contributed by atoms with Gasteiger partial charge in [-0.15, -0.1) is 0 Å². The number of fused-ring (bicyclic) bond motifs is 3. The molecule has 0 spiro atoms. The van der Waals surface area contributed by atoms with Gasteiger partial charge in [0.05, 0.1) is 28.7 Å². The molecule has 0 saturated carbocycles. The number of nitrogens with zero attached hydrogens (tertiary/aromatic N) is 3. The van der Waals surface area contributed by atoms with E-state index in [0.717, 1.165) is 46.6 Å². The van der Waals surface area contributed by atoms with Crippen LogP contribution < -0.4 is 0 Å². The maximum absolute atomic E-state index is 13.2. The summed E-state index contributed by atoms with van der Waals surface area (Å²) in [6, 6.07) is 28.5. The highest BCUT2D eigenvalue weighted by molar-refractivity contribution is 5.68. The molecule has 2 aliphatic carbocycles. The third kappa shape index (κ3) is 3.75. The minimum atomic E-state index is -0.495. The third-order valence-corrected chi connectivity index (χ3v) is 8.67. The molecule has 4 nitrogen and oxygen atoms in total. The van der Waals surface area contributed by atoms with Gasteiger partial charge in [-0.05, 0) is 54.0 Å². The van der Waals surface area contributed by atoms with Crippen molar-refractivity contribution in [3.05, 3.63) is 107 Å². The number of hydrogen-bond acceptors (Lipinski definition) is 3. The molecular weight excluding hydrogens is 473 g/mol. The molecular formula is C33H30FN3O. The Morgan fingerprint density at radius 3 is 2.32 bits per heavy atom. The lowest BCUT2D eigenvalue weighted by atomic mass is 9.56. The van der Waals surface area contributed by atoms with Gasteiger partial charge in [0.25, 0.3) is 0 Å². The first-order valence-electron chi connectivity index (χ1n) is 13.2. The van der Waals surface area contributed by atoms with Crippen LogP contribution in [0.2, 0.25) is 0 Å². The van der Waals surface area contributed by atoms with Crippen LogP contribution in [0.25, 0.3) is 28.1 Å². The second-order valence-electron chi connectivity index (χ2n) is 10.8. The Labute approximate surface area is 222 Å². The van der Waals surface area contributed by atoms with Gasteiger partial charge in [0.1, 0.15) is 12.4 Å². The molecule has 0 fully saturated rings. The number of benzene rings is 3. The van der Waals surface area contributed by atoms with Gasteiger partial charge in [0.2, 0.25) is 0 Å². The zero-order chi connectivity index (χ0) is 26.4. The average molecular weight is 504 g/mol. The van der Waals surface area contributed by atoms with Crippen molar-refractivity contribution < 1.29 is 9.50 Å². The summed E-state index contributed by atoms with van der Waals surface area (Å²) in [6.45, 7) is 3.76. The zero-order valence-electron chi connectivity index (χ0n) is 21.7. The van der Waals surface area contributed by atoms with Gasteiger partial charge < -0.3 is 5.11 Å². The molecule has 0 saturated heterocycles. The summed E-state index contributed by atoms with van der Waals surface area (Å²) in [5.74, 6) is 0.319. The molecule has 1 heterocycles. The lowest BCUT2D eigenvalue weighted by Crippen LogP contribution is -2.45. The Hall–Kier alpha value is -4.17. The minimum Gasteiger partial charge on any atom is -0.511 e. The highest BCUT2D eigenvalue weighted by atomic mass is 19.1. The van der Waals surface area contributed by atoms with Gasteiger partial charge in [-0.2, -0.15) is 10.4 Å². The summed E-state index contributed by atoms with van der Waals surface area (Å²) >= 11 is 0. The average Bonchev–Trinajstić information content (AvgIpc) is 3.37. The van der Waals surface area contributed by atoms with E-state index in [1.807, 2.05) is 49.4 Å². The standard InChI is InChI=1S/C33H30FN3O/c1-21-29-17-16-28-30(25-10-8-22(19-34)9-11-25)36-37(32(28)33(29,2)18-26(20-35)31(21)38)27-14-12-24(13-15-27)23-6-4-3-5-7-23/h3-15,21,29,38H,16-19H2,1-2H3/t21-,29-,33-/m1/s1. The monoisotopic (exact) mass is 503 g/mol. The van der Waals surface area contributed by atoms with Gasteiger partial charge in [0, 0.05) is 22.5 Å². The molecule has 0 radical (unpaired) electrons. The van der Waals surface area contributed by atoms with E-state index < -0.39 is 6.67 Å². The lowest BCUT2D eigenvalue weighted by Gasteiger charge is -2.47. The predicted octanol–water partition coefficient (Wildman–Crippen LogP) is 7.87. The van der Waals surface area contributed by atoms with Crippen molar-refractivity contribution in [3.63, 3.8) is 0 Å². The number of hydrogen-bond donors (Lipinski definition) is 1. The maximum atomic E-state index is 13.2. The van der Waals surface area contributed by atoms with Crippen molar-refractivity contribution in [1.82, 2.24) is 9.78 Å². The summed E-state index contributed by atoms with van der Waals surface area (Å²) < 4.78 is 15.3. The number of nitriles is 1. The molecule has 190 valence electrons. The van der Waals surface area contributed by atoms with Gasteiger partial charge in [-0.25, -0.2) is 9.07 Å². The first-order chi connectivity index (χ1) is 18.4. The quantitative estimate of drug-likeness (QED) is 0.308. The van der Waals surface area contributed by atoms with E-state index in [9.17, 15) is 14.8 Å². The molecule has 3 atom stereocenters. The summed E-state index contributed by atoms with van der Waals surface area (Å²) in [7, 11) is 0. The molecule has 1 N–H and O–H groups in total. The second kappa shape index (κ2) is 9.29. The molecule has 6 rings (SSSR count). The van der Waals surface area contributed by atoms with Gasteiger partial charge in [-0.1, -0.05) is 80.6 Å². The van der Waals surface area contributed by atoms with Crippen LogP contribution in [0.3, 0.4) is 0 Å². The molecule has 5 heteroatoms. The number of allylic oxidation sites excluding steroid dienone is 2. The second-order valence-corrected chi connectivity index (χ2v) is 10.8. The Bertz CT molecular complexity index is 1560. The highest BCUT2D eigenvalue weighted by Crippen LogP contribution is 2.55. The van der Waals surface area contributed by atoms with E-state index in [1.165, 1.54) is 5.56 Å². The van der Waals surface area contributed by atoms with Gasteiger partial charge in [0.15, 0.2) is 0 Å². The predicted molar refractivity (Wildman–Crippen MR) is 147 cm³/mol. The molecule has 4 aromatic rings. The Morgan fingerprint density at radius 1 is 1.00 bits per heavy atom. The fourth-order valence-corrected chi connectivity index (χ4v) is 6.70. The SMILES string of the molecule is C[C@H]1C(O)=C(C#N)C[C@@]2(C)c3c(c(-c4ccc(CF)cc4)nn3-c3ccc(-c4ccccc4)cc3)CC[C@H]12. The molecule has 2 aliphatic rings. The van der Waals surface area contributed by atoms with Crippen LogP contribution in [0.5, 0.6) is 0 Å². The van der Waals surface area contributed by atoms with Crippen molar-refractivity contribution in [3.8, 4) is 34.1 Å². The van der Waals surface area contributed by atoms with Gasteiger partial charge >= 0.3 is 0 Å². The van der Waals surface area contributed by atoms with Gasteiger partial charge in [-0.3, -0.25) is 0 Å². The number of aliphatic hydroxyl groups is 1. The maximum Gasteiger partial charge on any atom is 0.115 e. The van der Waals surface area contributed by atoms with E-state index in [-0.39, 0.29) is 23.0 Å². The van der Waals surface area contributed by atoms with E-state index in [4.69, 9.17) is 5.10 Å². The van der Waals surface area contributed by atoms with Crippen LogP contribution in [0.1, 0.15) is 43.5 Å². The molecule has 0 bridgehead atoms. The fraction of sp³-hybridized carbons (Fsp3) is 0.273. The van der Waals surface area contributed by atoms with Crippen molar-refractivity contribution >= 4 is 0 Å². The van der Waals surface area contributed by atoms with Crippen LogP contribution >= 0.6 is 0 Å². The van der Waals surface area contributed by atoms with E-state index in [0.29, 0.717) is 17.6 Å². The van der Waals surface area contributed by atoms with Crippen LogP contribution in [0, 0.1) is 23.2 Å². The Morgan fingerprint density at radius 2 is 1.66 bits per heavy atom. The summed E-state index contributed by atoms with van der Waals surface area (Å²) in [6.07, 6.45) is 2.21. The zero-order valence-corrected chi connectivity index (χ0v) is 21.7. The summed E-state index contributed by atoms with van der Waals surface area (Å²) in [4.78, 5) is 0. The molecule has 0 aliphatic heterocycles. The van der Waals surface area contributed by atoms with Crippen LogP contribution in [0.15, 0.2) is 90.2 Å². The Balaban J connectivity index is 1.54. The largest absolute Gasteiger partial charge is 0.511 e. The minimum absolute atomic E-state index is 0.104. The van der Waals surface area contributed by atoms with E-state index in [2.05, 4.69) is 54.1 Å². The van der Waals surface area contributed by atoms with Crippen molar-refractivity contribution in [2.24, 2.45) is 11.8 Å². The number of aliphatic hydroxyl groups excluding tert-OH is 1. The molecule has 1 aromatic heterocycles. The van der Waals surface area contributed by atoms with E-state index in [1.54, 1.807) is 0 Å². The lowest BCUT2D eigenvalue weighted by molar-refractivity contribution is 0.134. The first kappa shape index (κ1) is 24.2. The molecule has 0 unspecified atom stereocenters. The number of aromatic nitrogens is 2. The molecule has 38 heavy (non-hydrogen) atoms. The van der Waals surface area contributed by atoms with Crippen LogP contribution in [-0.2, 0) is 18.5 Å². The fourth-order valence-electron chi connectivity index (χ4n) is 6.70. The molecule has 3 aromatic carbocycles. The van der Waals surface area contributed by atoms with E-state index >= 15 is 0 Å². The summed E-state index contributed by atoms with van der Waals surface area (Å²) in [5.41, 5.74) is 8.13. The number of rotatable bonds is 4. The summed E-state index contributed by atoms with van der Waals surface area (Å²) in [5, 5.41) is 25.9. The Kier molecular flexibility index (Phi) is 5.91.